The van der Waals surface area contributed by atoms with E-state index in [0.29, 0.717) is 49.1 Å². The standard InChI is InChI=1S/C36H45ClN2O6/c1-4-6-7-17-38(3)33(41)20-36(44,34(42)43)26-11-15-32-30(19-26)39(21-25-10-13-28(25)31(40)5-2)22-35(23-45-32)16-8-9-24-18-27(37)12-14-29(24)35/h4-5,11-12,14-15,18-19,25,28,31,40,44H,1-2,6-10,13,16-17,20-23H2,3H3,(H,42,43)/t25-,28+,31-,35-,36?/m0/s1. The van der Waals surface area contributed by atoms with Crippen LogP contribution in [0.3, 0.4) is 0 Å². The number of hydrogen-bond acceptors (Lipinski definition) is 6. The summed E-state index contributed by atoms with van der Waals surface area (Å²) in [5, 5.41) is 33.2. The lowest BCUT2D eigenvalue weighted by Crippen LogP contribution is -2.49. The molecule has 45 heavy (non-hydrogen) atoms. The van der Waals surface area contributed by atoms with E-state index in [2.05, 4.69) is 24.1 Å². The average Bonchev–Trinajstić information content (AvgIpc) is 3.15. The Balaban J connectivity index is 1.52. The van der Waals surface area contributed by atoms with Gasteiger partial charge >= 0.3 is 5.97 Å². The van der Waals surface area contributed by atoms with Crippen LogP contribution in [0.4, 0.5) is 5.69 Å². The number of unbranched alkanes of at least 4 members (excludes halogenated alkanes) is 1. The molecule has 242 valence electrons. The van der Waals surface area contributed by atoms with Crippen LogP contribution in [0.2, 0.25) is 5.02 Å². The van der Waals surface area contributed by atoms with E-state index in [1.807, 2.05) is 12.1 Å². The molecule has 8 nitrogen and oxygen atoms in total. The van der Waals surface area contributed by atoms with Gasteiger partial charge in [-0.3, -0.25) is 4.79 Å². The second kappa shape index (κ2) is 13.6. The van der Waals surface area contributed by atoms with E-state index in [1.165, 1.54) is 16.0 Å². The van der Waals surface area contributed by atoms with Gasteiger partial charge in [0.25, 0.3) is 0 Å². The molecule has 1 spiro atoms. The molecule has 0 saturated heterocycles. The number of hydrogen-bond donors (Lipinski definition) is 3. The highest BCUT2D eigenvalue weighted by Crippen LogP contribution is 2.47. The van der Waals surface area contributed by atoms with Crippen molar-refractivity contribution in [3.05, 3.63) is 83.4 Å². The van der Waals surface area contributed by atoms with Crippen LogP contribution in [0.1, 0.15) is 61.6 Å². The number of benzene rings is 2. The minimum Gasteiger partial charge on any atom is -0.490 e. The first-order chi connectivity index (χ1) is 21.5. The van der Waals surface area contributed by atoms with Gasteiger partial charge in [0.1, 0.15) is 5.75 Å². The van der Waals surface area contributed by atoms with Gasteiger partial charge in [0.05, 0.1) is 24.8 Å². The molecule has 1 aliphatic heterocycles. The molecule has 0 bridgehead atoms. The average molecular weight is 637 g/mol. The molecule has 1 saturated carbocycles. The SMILES string of the molecule is C=CCCCN(C)C(=O)CC(O)(C(=O)O)c1ccc2c(c1)N(C[C@@H]1CC[C@H]1[C@@H](O)C=C)C[C@@]1(CCCc3cc(Cl)ccc31)CO2. The number of carbonyl (C=O) groups is 2. The van der Waals surface area contributed by atoms with Crippen molar-refractivity contribution in [2.45, 2.75) is 68.5 Å². The van der Waals surface area contributed by atoms with Crippen molar-refractivity contribution in [1.82, 2.24) is 4.90 Å². The van der Waals surface area contributed by atoms with Crippen LogP contribution >= 0.6 is 11.6 Å². The Kier molecular flexibility index (Phi) is 9.97. The number of nitrogens with zero attached hydrogens (tertiary/aromatic N) is 2. The number of anilines is 1. The molecule has 2 aromatic carbocycles. The van der Waals surface area contributed by atoms with E-state index >= 15 is 0 Å². The number of halogens is 1. The second-order valence-corrected chi connectivity index (χ2v) is 13.5. The summed E-state index contributed by atoms with van der Waals surface area (Å²) in [7, 11) is 1.61. The van der Waals surface area contributed by atoms with Crippen molar-refractivity contribution in [3.8, 4) is 5.75 Å². The number of aliphatic hydroxyl groups is 2. The quantitative estimate of drug-likeness (QED) is 0.209. The molecule has 3 aliphatic rings. The zero-order valence-electron chi connectivity index (χ0n) is 26.1. The van der Waals surface area contributed by atoms with Crippen molar-refractivity contribution in [1.29, 1.82) is 0 Å². The molecule has 5 rings (SSSR count). The van der Waals surface area contributed by atoms with Crippen LogP contribution in [0, 0.1) is 11.8 Å². The van der Waals surface area contributed by atoms with Crippen LogP contribution < -0.4 is 9.64 Å². The van der Waals surface area contributed by atoms with Gasteiger partial charge in [-0.2, -0.15) is 0 Å². The van der Waals surface area contributed by atoms with Gasteiger partial charge in [0.15, 0.2) is 5.60 Å². The Labute approximate surface area is 270 Å². The maximum Gasteiger partial charge on any atom is 0.340 e. The van der Waals surface area contributed by atoms with Crippen molar-refractivity contribution in [3.63, 3.8) is 0 Å². The molecule has 1 unspecified atom stereocenters. The highest BCUT2D eigenvalue weighted by Gasteiger charge is 2.46. The summed E-state index contributed by atoms with van der Waals surface area (Å²) in [6.45, 7) is 9.60. The lowest BCUT2D eigenvalue weighted by Gasteiger charge is -2.45. The Morgan fingerprint density at radius 1 is 1.24 bits per heavy atom. The van der Waals surface area contributed by atoms with E-state index in [4.69, 9.17) is 16.3 Å². The zero-order chi connectivity index (χ0) is 32.4. The molecule has 0 aromatic heterocycles. The van der Waals surface area contributed by atoms with E-state index in [-0.39, 0.29) is 22.8 Å². The van der Waals surface area contributed by atoms with E-state index < -0.39 is 30.0 Å². The number of amides is 1. The maximum atomic E-state index is 13.1. The van der Waals surface area contributed by atoms with E-state index in [0.717, 1.165) is 38.5 Å². The van der Waals surface area contributed by atoms with Gasteiger partial charge in [-0.05, 0) is 97.7 Å². The zero-order valence-corrected chi connectivity index (χ0v) is 26.8. The largest absolute Gasteiger partial charge is 0.490 e. The first-order valence-electron chi connectivity index (χ1n) is 15.9. The summed E-state index contributed by atoms with van der Waals surface area (Å²) in [4.78, 5) is 29.4. The van der Waals surface area contributed by atoms with Gasteiger partial charge in [-0.15, -0.1) is 13.2 Å². The van der Waals surface area contributed by atoms with Gasteiger partial charge in [-0.25, -0.2) is 4.79 Å². The predicted molar refractivity (Wildman–Crippen MR) is 176 cm³/mol. The normalized spacial score (nSPS) is 24.1. The number of allylic oxidation sites excluding steroid dienone is 1. The number of carboxylic acids is 1. The van der Waals surface area contributed by atoms with Crippen LogP contribution in [0.5, 0.6) is 5.75 Å². The molecule has 1 amide bonds. The third kappa shape index (κ3) is 6.64. The van der Waals surface area contributed by atoms with Crippen LogP contribution in [0.15, 0.2) is 61.7 Å². The fourth-order valence-electron chi connectivity index (χ4n) is 7.35. The van der Waals surface area contributed by atoms with E-state index in [9.17, 15) is 24.9 Å². The van der Waals surface area contributed by atoms with Crippen molar-refractivity contribution in [2.24, 2.45) is 11.8 Å². The fraction of sp³-hybridized carbons (Fsp3) is 0.500. The first-order valence-corrected chi connectivity index (χ1v) is 16.3. The molecule has 5 atom stereocenters. The highest BCUT2D eigenvalue weighted by atomic mass is 35.5. The minimum absolute atomic E-state index is 0.0805. The van der Waals surface area contributed by atoms with Crippen molar-refractivity contribution < 1.29 is 29.6 Å². The summed E-state index contributed by atoms with van der Waals surface area (Å²) in [5.74, 6) is -1.07. The molecule has 1 heterocycles. The number of rotatable bonds is 12. The summed E-state index contributed by atoms with van der Waals surface area (Å²) in [5.41, 5.74) is 0.457. The van der Waals surface area contributed by atoms with Crippen LogP contribution in [0.25, 0.3) is 0 Å². The second-order valence-electron chi connectivity index (χ2n) is 13.1. The monoisotopic (exact) mass is 636 g/mol. The summed E-state index contributed by atoms with van der Waals surface area (Å²) >= 11 is 6.39. The van der Waals surface area contributed by atoms with Gasteiger partial charge in [-0.1, -0.05) is 35.9 Å². The van der Waals surface area contributed by atoms with Crippen molar-refractivity contribution in [2.75, 3.05) is 38.2 Å². The Morgan fingerprint density at radius 3 is 2.73 bits per heavy atom. The molecule has 3 N–H and O–H groups in total. The fourth-order valence-corrected chi connectivity index (χ4v) is 7.55. The summed E-state index contributed by atoms with van der Waals surface area (Å²) in [6, 6.07) is 11.0. The van der Waals surface area contributed by atoms with Gasteiger partial charge in [0.2, 0.25) is 5.91 Å². The molecular weight excluding hydrogens is 592 g/mol. The molecule has 2 aromatic rings. The lowest BCUT2D eigenvalue weighted by atomic mass is 9.68. The number of carbonyl (C=O) groups excluding carboxylic acids is 1. The van der Waals surface area contributed by atoms with Crippen LogP contribution in [-0.2, 0) is 27.0 Å². The topological polar surface area (TPSA) is 111 Å². The number of fused-ring (bicyclic) bond motifs is 3. The first kappa shape index (κ1) is 33.0. The third-order valence-electron chi connectivity index (χ3n) is 10.2. The lowest BCUT2D eigenvalue weighted by molar-refractivity contribution is -0.164. The number of aliphatic hydroxyl groups excluding tert-OH is 1. The molecule has 2 aliphatic carbocycles. The minimum atomic E-state index is -2.43. The number of ether oxygens (including phenoxy) is 1. The Morgan fingerprint density at radius 2 is 2.04 bits per heavy atom. The van der Waals surface area contributed by atoms with Crippen LogP contribution in [-0.4, -0.2) is 71.5 Å². The number of carboxylic acid groups (broad SMARTS) is 1. The molecule has 1 fully saturated rings. The van der Waals surface area contributed by atoms with Gasteiger partial charge < -0.3 is 29.9 Å². The predicted octanol–water partition coefficient (Wildman–Crippen LogP) is 5.47. The smallest absolute Gasteiger partial charge is 0.340 e. The highest BCUT2D eigenvalue weighted by molar-refractivity contribution is 6.30. The number of aryl methyl sites for hydroxylation is 1. The third-order valence-corrected chi connectivity index (χ3v) is 10.4. The Bertz CT molecular complexity index is 1450. The Hall–Kier alpha value is -3.33. The number of aliphatic carboxylic acids is 1. The van der Waals surface area contributed by atoms with E-state index in [1.54, 1.807) is 37.4 Å². The summed E-state index contributed by atoms with van der Waals surface area (Å²) < 4.78 is 6.54. The molecule has 0 radical (unpaired) electrons. The van der Waals surface area contributed by atoms with Crippen molar-refractivity contribution >= 4 is 29.2 Å². The van der Waals surface area contributed by atoms with Gasteiger partial charge in [0, 0.05) is 37.1 Å². The molecular formula is C36H45ClN2O6. The maximum absolute atomic E-state index is 13.1. The molecule has 9 heteroatoms. The summed E-state index contributed by atoms with van der Waals surface area (Å²) in [6.07, 6.45) is 8.27.